The Balaban J connectivity index is 4.72. The predicted octanol–water partition coefficient (Wildman–Crippen LogP) is 15.3. The zero-order chi connectivity index (χ0) is 45.2. The summed E-state index contributed by atoms with van der Waals surface area (Å²) in [6.07, 6.45) is 64.7. The van der Waals surface area contributed by atoms with Crippen molar-refractivity contribution in [3.05, 3.63) is 97.2 Å². The molecule has 0 aliphatic carbocycles. The summed E-state index contributed by atoms with van der Waals surface area (Å²) in [5.41, 5.74) is 0. The van der Waals surface area contributed by atoms with Crippen LogP contribution in [0.2, 0.25) is 0 Å². The van der Waals surface area contributed by atoms with Crippen molar-refractivity contribution in [3.63, 3.8) is 0 Å². The predicted molar refractivity (Wildman–Crippen MR) is 268 cm³/mol. The van der Waals surface area contributed by atoms with Gasteiger partial charge >= 0.3 is 5.97 Å². The molecule has 0 saturated heterocycles. The molecule has 3 unspecified atom stereocenters. The lowest BCUT2D eigenvalue weighted by molar-refractivity contribution is -0.150. The highest BCUT2D eigenvalue weighted by Crippen LogP contribution is 2.17. The number of esters is 1. The molecular formula is C56H95NO5. The molecule has 0 fully saturated rings. The molecule has 0 aliphatic heterocycles. The maximum atomic E-state index is 13.2. The van der Waals surface area contributed by atoms with E-state index in [2.05, 4.69) is 117 Å². The number of allylic oxidation sites excluding steroid dienone is 16. The van der Waals surface area contributed by atoms with E-state index in [1.54, 1.807) is 0 Å². The van der Waals surface area contributed by atoms with E-state index in [4.69, 9.17) is 4.74 Å². The van der Waals surface area contributed by atoms with Crippen LogP contribution in [0.4, 0.5) is 0 Å². The molecule has 0 radical (unpaired) electrons. The van der Waals surface area contributed by atoms with E-state index < -0.39 is 18.2 Å². The summed E-state index contributed by atoms with van der Waals surface area (Å²) in [5, 5.41) is 23.8. The first-order chi connectivity index (χ1) is 30.5. The normalized spacial score (nSPS) is 14.1. The van der Waals surface area contributed by atoms with Gasteiger partial charge in [0.1, 0.15) is 6.10 Å². The van der Waals surface area contributed by atoms with Crippen LogP contribution in [0.3, 0.4) is 0 Å². The van der Waals surface area contributed by atoms with Crippen LogP contribution in [-0.2, 0) is 14.3 Å². The van der Waals surface area contributed by atoms with Gasteiger partial charge in [-0.05, 0) is 77.0 Å². The summed E-state index contributed by atoms with van der Waals surface area (Å²) in [5.74, 6) is -0.600. The number of aliphatic hydroxyl groups is 2. The van der Waals surface area contributed by atoms with Gasteiger partial charge in [0, 0.05) is 6.42 Å². The SMILES string of the molecule is CC/C=C/C=C/C=C/CCCCCCCC(CC(=O)NC(CO)C(O)CCCCCCCCCCCCCCCC)OC(=O)CC/C=C/C/C=C/C/C=C/C/C=C/C/C=C/CC. The fraction of sp³-hybridized carbons (Fsp3) is 0.679. The fourth-order valence-corrected chi connectivity index (χ4v) is 7.18. The van der Waals surface area contributed by atoms with Crippen LogP contribution in [0, 0.1) is 0 Å². The molecule has 0 saturated carbocycles. The topological polar surface area (TPSA) is 95.9 Å². The van der Waals surface area contributed by atoms with Crippen molar-refractivity contribution in [2.24, 2.45) is 0 Å². The van der Waals surface area contributed by atoms with Gasteiger partial charge in [0.25, 0.3) is 0 Å². The Morgan fingerprint density at radius 1 is 0.500 bits per heavy atom. The number of rotatable bonds is 44. The van der Waals surface area contributed by atoms with E-state index in [0.29, 0.717) is 19.3 Å². The Morgan fingerprint density at radius 2 is 0.952 bits per heavy atom. The van der Waals surface area contributed by atoms with Crippen LogP contribution in [-0.4, -0.2) is 46.9 Å². The third-order valence-corrected chi connectivity index (χ3v) is 11.0. The number of ether oxygens (including phenoxy) is 1. The summed E-state index contributed by atoms with van der Waals surface area (Å²) >= 11 is 0. The minimum Gasteiger partial charge on any atom is -0.462 e. The van der Waals surface area contributed by atoms with Crippen LogP contribution < -0.4 is 5.32 Å². The molecule has 0 bridgehead atoms. The average molecular weight is 862 g/mol. The van der Waals surface area contributed by atoms with Gasteiger partial charge in [-0.15, -0.1) is 0 Å². The number of carbonyl (C=O) groups excluding carboxylic acids is 2. The lowest BCUT2D eigenvalue weighted by Crippen LogP contribution is -2.46. The molecule has 62 heavy (non-hydrogen) atoms. The number of carbonyl (C=O) groups is 2. The first-order valence-corrected chi connectivity index (χ1v) is 25.5. The van der Waals surface area contributed by atoms with E-state index in [0.717, 1.165) is 96.3 Å². The highest BCUT2D eigenvalue weighted by molar-refractivity contribution is 5.77. The molecule has 0 rings (SSSR count). The molecule has 6 nitrogen and oxygen atoms in total. The number of aliphatic hydroxyl groups excluding tert-OH is 2. The maximum Gasteiger partial charge on any atom is 0.306 e. The summed E-state index contributed by atoms with van der Waals surface area (Å²) in [6, 6.07) is -0.728. The minimum atomic E-state index is -0.811. The van der Waals surface area contributed by atoms with Crippen LogP contribution in [0.15, 0.2) is 97.2 Å². The Morgan fingerprint density at radius 3 is 1.47 bits per heavy atom. The second-order valence-electron chi connectivity index (χ2n) is 16.9. The highest BCUT2D eigenvalue weighted by atomic mass is 16.5. The zero-order valence-electron chi connectivity index (χ0n) is 40.2. The van der Waals surface area contributed by atoms with Crippen molar-refractivity contribution in [2.45, 2.75) is 238 Å². The Hall–Kier alpha value is -3.22. The molecule has 3 atom stereocenters. The van der Waals surface area contributed by atoms with E-state index in [9.17, 15) is 19.8 Å². The molecule has 0 aliphatic rings. The van der Waals surface area contributed by atoms with Crippen LogP contribution in [0.1, 0.15) is 220 Å². The third kappa shape index (κ3) is 43.4. The van der Waals surface area contributed by atoms with Gasteiger partial charge in [-0.25, -0.2) is 0 Å². The molecule has 0 spiro atoms. The summed E-state index contributed by atoms with van der Waals surface area (Å²) in [4.78, 5) is 26.1. The van der Waals surface area contributed by atoms with E-state index in [-0.39, 0.29) is 31.3 Å². The third-order valence-electron chi connectivity index (χ3n) is 11.0. The smallest absolute Gasteiger partial charge is 0.306 e. The summed E-state index contributed by atoms with van der Waals surface area (Å²) in [7, 11) is 0. The molecule has 0 aromatic rings. The second-order valence-corrected chi connectivity index (χ2v) is 16.9. The molecule has 0 aromatic heterocycles. The van der Waals surface area contributed by atoms with Gasteiger partial charge in [-0.3, -0.25) is 9.59 Å². The Bertz CT molecular complexity index is 1240. The molecule has 6 heteroatoms. The first-order valence-electron chi connectivity index (χ1n) is 25.5. The maximum absolute atomic E-state index is 13.2. The number of unbranched alkanes of at least 4 members (excludes halogenated alkanes) is 18. The van der Waals surface area contributed by atoms with E-state index in [1.165, 1.54) is 70.6 Å². The van der Waals surface area contributed by atoms with Gasteiger partial charge in [0.05, 0.1) is 25.2 Å². The molecule has 1 amide bonds. The molecule has 0 heterocycles. The average Bonchev–Trinajstić information content (AvgIpc) is 3.26. The quantitative estimate of drug-likeness (QED) is 0.0245. The number of amides is 1. The van der Waals surface area contributed by atoms with Crippen molar-refractivity contribution in [1.29, 1.82) is 0 Å². The second kappa shape index (κ2) is 48.8. The van der Waals surface area contributed by atoms with Gasteiger partial charge in [0.15, 0.2) is 0 Å². The monoisotopic (exact) mass is 862 g/mol. The Labute approximate surface area is 382 Å². The molecule has 354 valence electrons. The standard InChI is InChI=1S/C56H95NO5/c1-4-7-10-13-16-19-22-25-27-28-31-34-37-40-43-46-49-56(61)62-52(47-44-41-38-35-32-29-24-21-18-15-12-9-6-3)50-55(60)57-53(51-58)54(59)48-45-42-39-36-33-30-26-23-20-17-14-11-8-5-2/h7,9-10,12,15-16,18-19,21,24-25,27,31,34,40,43,52-54,58-59H,4-6,8,11,13-14,17,20,22-23,26,28-30,32-33,35-39,41-42,44-51H2,1-3H3,(H,57,60)/b10-7+,12-9+,18-15+,19-16+,24-21+,27-25+,34-31+,43-40+. The zero-order valence-corrected chi connectivity index (χ0v) is 40.2. The fourth-order valence-electron chi connectivity index (χ4n) is 7.18. The van der Waals surface area contributed by atoms with Gasteiger partial charge < -0.3 is 20.3 Å². The number of nitrogens with one attached hydrogen (secondary N) is 1. The van der Waals surface area contributed by atoms with Crippen molar-refractivity contribution in [3.8, 4) is 0 Å². The van der Waals surface area contributed by atoms with Crippen molar-refractivity contribution >= 4 is 11.9 Å². The number of hydrogen-bond donors (Lipinski definition) is 3. The van der Waals surface area contributed by atoms with Crippen LogP contribution in [0.25, 0.3) is 0 Å². The van der Waals surface area contributed by atoms with Crippen LogP contribution >= 0.6 is 0 Å². The minimum absolute atomic E-state index is 0.0290. The first kappa shape index (κ1) is 58.8. The largest absolute Gasteiger partial charge is 0.462 e. The lowest BCUT2D eigenvalue weighted by atomic mass is 10.0. The summed E-state index contributed by atoms with van der Waals surface area (Å²) in [6.45, 7) is 6.21. The van der Waals surface area contributed by atoms with Crippen LogP contribution in [0.5, 0.6) is 0 Å². The van der Waals surface area contributed by atoms with Gasteiger partial charge in [-0.1, -0.05) is 227 Å². The lowest BCUT2D eigenvalue weighted by Gasteiger charge is -2.24. The number of hydrogen-bond acceptors (Lipinski definition) is 5. The van der Waals surface area contributed by atoms with Crippen molar-refractivity contribution in [1.82, 2.24) is 5.32 Å². The van der Waals surface area contributed by atoms with Gasteiger partial charge in [0.2, 0.25) is 5.91 Å². The van der Waals surface area contributed by atoms with Crippen molar-refractivity contribution in [2.75, 3.05) is 6.61 Å². The van der Waals surface area contributed by atoms with Crippen molar-refractivity contribution < 1.29 is 24.5 Å². The Kier molecular flexibility index (Phi) is 46.3. The van der Waals surface area contributed by atoms with E-state index in [1.807, 2.05) is 6.08 Å². The van der Waals surface area contributed by atoms with E-state index >= 15 is 0 Å². The molecule has 0 aromatic carbocycles. The molecular weight excluding hydrogens is 767 g/mol. The summed E-state index contributed by atoms with van der Waals surface area (Å²) < 4.78 is 5.88. The molecule has 3 N–H and O–H groups in total. The highest BCUT2D eigenvalue weighted by Gasteiger charge is 2.24. The van der Waals surface area contributed by atoms with Gasteiger partial charge in [-0.2, -0.15) is 0 Å².